The lowest BCUT2D eigenvalue weighted by Gasteiger charge is -2.09. The predicted octanol–water partition coefficient (Wildman–Crippen LogP) is 6.77. The second-order valence-corrected chi connectivity index (χ2v) is 7.09. The van der Waals surface area contributed by atoms with E-state index in [0.29, 0.717) is 12.5 Å². The number of alkyl halides is 1. The van der Waals surface area contributed by atoms with Crippen LogP contribution >= 0.6 is 11.6 Å². The zero-order valence-electron chi connectivity index (χ0n) is 16.8. The lowest BCUT2D eigenvalue weighted by atomic mass is 10.0. The summed E-state index contributed by atoms with van der Waals surface area (Å²) in [6, 6.07) is 0. The van der Waals surface area contributed by atoms with E-state index in [2.05, 4.69) is 32.9 Å². The Labute approximate surface area is 159 Å². The molecule has 2 nitrogen and oxygen atoms in total. The molecule has 0 aromatic heterocycles. The number of rotatable bonds is 11. The van der Waals surface area contributed by atoms with Gasteiger partial charge in [0.05, 0.1) is 6.61 Å². The standard InChI is InChI=1S/C22H35ClO2/c1-7-25-22(24)21(17(2)3)15-14-19(5)12-8-10-18(4)11-9-13-20(6)16-23/h10,13-15,17H,7-9,11-12,16H2,1-6H3/b18-10+,19-14+,20-13+,21-15-. The highest BCUT2D eigenvalue weighted by molar-refractivity contribution is 6.19. The minimum absolute atomic E-state index is 0.162. The highest BCUT2D eigenvalue weighted by Crippen LogP contribution is 2.15. The summed E-state index contributed by atoms with van der Waals surface area (Å²) < 4.78 is 5.11. The fraction of sp³-hybridized carbons (Fsp3) is 0.591. The fourth-order valence-corrected chi connectivity index (χ4v) is 2.38. The molecule has 0 heterocycles. The van der Waals surface area contributed by atoms with E-state index in [0.717, 1.165) is 31.3 Å². The summed E-state index contributed by atoms with van der Waals surface area (Å²) in [5.74, 6) is 0.567. The summed E-state index contributed by atoms with van der Waals surface area (Å²) in [4.78, 5) is 11.9. The number of hydrogen-bond donors (Lipinski definition) is 0. The second-order valence-electron chi connectivity index (χ2n) is 6.82. The SMILES string of the molecule is CCOC(=O)/C(=C\C=C(/C)CC/C=C(\C)CC/C=C(\C)CCl)C(C)C. The fourth-order valence-electron chi connectivity index (χ4n) is 2.28. The third kappa shape index (κ3) is 11.8. The van der Waals surface area contributed by atoms with Crippen molar-refractivity contribution in [3.05, 3.63) is 46.6 Å². The van der Waals surface area contributed by atoms with Gasteiger partial charge in [0.1, 0.15) is 0 Å². The normalized spacial score (nSPS) is 14.2. The Balaban J connectivity index is 4.54. The monoisotopic (exact) mass is 366 g/mol. The third-order valence-electron chi connectivity index (χ3n) is 3.95. The molecular formula is C22H35ClO2. The molecule has 0 aromatic carbocycles. The Morgan fingerprint density at radius 1 is 0.960 bits per heavy atom. The van der Waals surface area contributed by atoms with Gasteiger partial charge in [0.2, 0.25) is 0 Å². The maximum atomic E-state index is 11.9. The number of allylic oxidation sites excluding steroid dienone is 7. The van der Waals surface area contributed by atoms with Crippen LogP contribution in [-0.4, -0.2) is 18.5 Å². The van der Waals surface area contributed by atoms with Crippen molar-refractivity contribution >= 4 is 17.6 Å². The zero-order valence-corrected chi connectivity index (χ0v) is 17.6. The van der Waals surface area contributed by atoms with Crippen LogP contribution in [0.3, 0.4) is 0 Å². The van der Waals surface area contributed by atoms with Crippen molar-refractivity contribution < 1.29 is 9.53 Å². The first-order valence-electron chi connectivity index (χ1n) is 9.23. The van der Waals surface area contributed by atoms with Gasteiger partial charge in [-0.05, 0) is 59.3 Å². The summed E-state index contributed by atoms with van der Waals surface area (Å²) in [5, 5.41) is 0. The number of carbonyl (C=O) groups is 1. The maximum Gasteiger partial charge on any atom is 0.334 e. The zero-order chi connectivity index (χ0) is 19.2. The maximum absolute atomic E-state index is 11.9. The van der Waals surface area contributed by atoms with Crippen molar-refractivity contribution in [3.8, 4) is 0 Å². The molecule has 0 saturated heterocycles. The molecule has 0 fully saturated rings. The molecule has 0 bridgehead atoms. The van der Waals surface area contributed by atoms with Crippen LogP contribution in [0.1, 0.15) is 67.2 Å². The van der Waals surface area contributed by atoms with Gasteiger partial charge in [-0.2, -0.15) is 0 Å². The number of esters is 1. The molecule has 0 aliphatic carbocycles. The van der Waals surface area contributed by atoms with E-state index in [1.165, 1.54) is 16.7 Å². The van der Waals surface area contributed by atoms with Crippen LogP contribution in [0.15, 0.2) is 46.6 Å². The first-order valence-corrected chi connectivity index (χ1v) is 9.76. The van der Waals surface area contributed by atoms with Gasteiger partial charge in [0.25, 0.3) is 0 Å². The molecule has 142 valence electrons. The molecule has 0 atom stereocenters. The molecule has 0 aliphatic heterocycles. The molecule has 0 saturated carbocycles. The summed E-state index contributed by atoms with van der Waals surface area (Å²) in [6.07, 6.45) is 12.6. The van der Waals surface area contributed by atoms with Crippen molar-refractivity contribution in [3.63, 3.8) is 0 Å². The lowest BCUT2D eigenvalue weighted by Crippen LogP contribution is -2.12. The Morgan fingerprint density at radius 3 is 2.04 bits per heavy atom. The van der Waals surface area contributed by atoms with Crippen LogP contribution in [0.25, 0.3) is 0 Å². The molecule has 0 amide bonds. The topological polar surface area (TPSA) is 26.3 Å². The van der Waals surface area contributed by atoms with E-state index in [9.17, 15) is 4.79 Å². The average Bonchev–Trinajstić information content (AvgIpc) is 2.54. The molecule has 0 unspecified atom stereocenters. The van der Waals surface area contributed by atoms with Crippen LogP contribution < -0.4 is 0 Å². The van der Waals surface area contributed by atoms with Gasteiger partial charge in [-0.3, -0.25) is 0 Å². The minimum atomic E-state index is -0.211. The van der Waals surface area contributed by atoms with Gasteiger partial charge in [-0.1, -0.05) is 54.9 Å². The highest BCUT2D eigenvalue weighted by atomic mass is 35.5. The number of hydrogen-bond acceptors (Lipinski definition) is 2. The third-order valence-corrected chi connectivity index (χ3v) is 4.38. The van der Waals surface area contributed by atoms with Crippen molar-refractivity contribution in [1.29, 1.82) is 0 Å². The van der Waals surface area contributed by atoms with Crippen molar-refractivity contribution in [1.82, 2.24) is 0 Å². The van der Waals surface area contributed by atoms with Gasteiger partial charge in [0, 0.05) is 11.5 Å². The van der Waals surface area contributed by atoms with E-state index >= 15 is 0 Å². The molecular weight excluding hydrogens is 332 g/mol. The molecule has 0 rings (SSSR count). The van der Waals surface area contributed by atoms with Crippen molar-refractivity contribution in [2.75, 3.05) is 12.5 Å². The van der Waals surface area contributed by atoms with Gasteiger partial charge in [0.15, 0.2) is 0 Å². The highest BCUT2D eigenvalue weighted by Gasteiger charge is 2.13. The first-order chi connectivity index (χ1) is 11.8. The van der Waals surface area contributed by atoms with E-state index in [1.54, 1.807) is 0 Å². The van der Waals surface area contributed by atoms with Crippen LogP contribution in [0.2, 0.25) is 0 Å². The summed E-state index contributed by atoms with van der Waals surface area (Å²) >= 11 is 5.77. The molecule has 25 heavy (non-hydrogen) atoms. The average molecular weight is 367 g/mol. The van der Waals surface area contributed by atoms with E-state index in [4.69, 9.17) is 16.3 Å². The largest absolute Gasteiger partial charge is 0.463 e. The van der Waals surface area contributed by atoms with Crippen molar-refractivity contribution in [2.45, 2.75) is 67.2 Å². The number of carbonyl (C=O) groups excluding carboxylic acids is 1. The summed E-state index contributed by atoms with van der Waals surface area (Å²) in [7, 11) is 0. The number of ether oxygens (including phenoxy) is 1. The van der Waals surface area contributed by atoms with Crippen molar-refractivity contribution in [2.24, 2.45) is 5.92 Å². The van der Waals surface area contributed by atoms with E-state index < -0.39 is 0 Å². The quantitative estimate of drug-likeness (QED) is 0.132. The molecule has 0 aromatic rings. The Bertz CT molecular complexity index is 522. The van der Waals surface area contributed by atoms with Crippen LogP contribution in [0.4, 0.5) is 0 Å². The van der Waals surface area contributed by atoms with Gasteiger partial charge >= 0.3 is 5.97 Å². The molecule has 0 radical (unpaired) electrons. The lowest BCUT2D eigenvalue weighted by molar-refractivity contribution is -0.139. The smallest absolute Gasteiger partial charge is 0.334 e. The second kappa shape index (κ2) is 13.9. The Kier molecular flexibility index (Phi) is 13.2. The van der Waals surface area contributed by atoms with E-state index in [-0.39, 0.29) is 11.9 Å². The van der Waals surface area contributed by atoms with Gasteiger partial charge in [-0.25, -0.2) is 4.79 Å². The van der Waals surface area contributed by atoms with Gasteiger partial charge < -0.3 is 4.74 Å². The Morgan fingerprint density at radius 2 is 1.52 bits per heavy atom. The molecule has 3 heteroatoms. The van der Waals surface area contributed by atoms with Gasteiger partial charge in [-0.15, -0.1) is 11.6 Å². The Hall–Kier alpha value is -1.28. The van der Waals surface area contributed by atoms with E-state index in [1.807, 2.05) is 32.9 Å². The minimum Gasteiger partial charge on any atom is -0.463 e. The predicted molar refractivity (Wildman–Crippen MR) is 110 cm³/mol. The number of halogens is 1. The van der Waals surface area contributed by atoms with Crippen LogP contribution in [0.5, 0.6) is 0 Å². The summed E-state index contributed by atoms with van der Waals surface area (Å²) in [5.41, 5.74) is 4.65. The first kappa shape index (κ1) is 23.7. The summed E-state index contributed by atoms with van der Waals surface area (Å²) in [6.45, 7) is 12.6. The molecule has 0 N–H and O–H groups in total. The van der Waals surface area contributed by atoms with Crippen LogP contribution in [-0.2, 0) is 9.53 Å². The van der Waals surface area contributed by atoms with Crippen LogP contribution in [0, 0.1) is 5.92 Å². The molecule has 0 spiro atoms. The molecule has 0 aliphatic rings.